The van der Waals surface area contributed by atoms with Crippen molar-refractivity contribution in [3.05, 3.63) is 28.2 Å². The first-order valence-corrected chi connectivity index (χ1v) is 8.18. The lowest BCUT2D eigenvalue weighted by Gasteiger charge is -2.26. The molecule has 1 fully saturated rings. The number of nitrogen functional groups attached to an aromatic ring is 1. The summed E-state index contributed by atoms with van der Waals surface area (Å²) in [7, 11) is 0. The van der Waals surface area contributed by atoms with Crippen LogP contribution >= 0.6 is 15.9 Å². The Morgan fingerprint density at radius 1 is 1.35 bits per heavy atom. The van der Waals surface area contributed by atoms with E-state index in [0.29, 0.717) is 11.3 Å². The van der Waals surface area contributed by atoms with Gasteiger partial charge in [-0.1, -0.05) is 48.5 Å². The predicted molar refractivity (Wildman–Crippen MR) is 86.6 cm³/mol. The number of carbonyl (C=O) groups excluding carboxylic acids is 1. The summed E-state index contributed by atoms with van der Waals surface area (Å²) in [5.74, 6) is 1.57. The van der Waals surface area contributed by atoms with Crippen LogP contribution in [0.5, 0.6) is 0 Å². The van der Waals surface area contributed by atoms with Crippen molar-refractivity contribution in [1.29, 1.82) is 0 Å². The van der Waals surface area contributed by atoms with Gasteiger partial charge in [0.15, 0.2) is 0 Å². The smallest absolute Gasteiger partial charge is 0.253 e. The molecule has 1 amide bonds. The third kappa shape index (κ3) is 4.23. The highest BCUT2D eigenvalue weighted by Gasteiger charge is 2.18. The second-order valence-electron chi connectivity index (χ2n) is 5.90. The summed E-state index contributed by atoms with van der Waals surface area (Å²) in [6, 6.07) is 5.36. The summed E-state index contributed by atoms with van der Waals surface area (Å²) >= 11 is 3.37. The highest BCUT2D eigenvalue weighted by atomic mass is 79.9. The minimum Gasteiger partial charge on any atom is -0.398 e. The van der Waals surface area contributed by atoms with Crippen LogP contribution in [-0.2, 0) is 0 Å². The Labute approximate surface area is 129 Å². The van der Waals surface area contributed by atoms with Crippen LogP contribution in [-0.4, -0.2) is 12.5 Å². The van der Waals surface area contributed by atoms with Gasteiger partial charge in [0.1, 0.15) is 0 Å². The zero-order chi connectivity index (χ0) is 14.5. The molecule has 1 aliphatic carbocycles. The summed E-state index contributed by atoms with van der Waals surface area (Å²) < 4.78 is 0.873. The molecular weight excluding hydrogens is 316 g/mol. The maximum atomic E-state index is 12.1. The van der Waals surface area contributed by atoms with E-state index in [1.165, 1.54) is 25.7 Å². The fourth-order valence-corrected chi connectivity index (χ4v) is 3.19. The van der Waals surface area contributed by atoms with Crippen molar-refractivity contribution in [3.8, 4) is 0 Å². The predicted octanol–water partition coefficient (Wildman–Crippen LogP) is 3.98. The average Bonchev–Trinajstić information content (AvgIpc) is 2.43. The number of amides is 1. The zero-order valence-corrected chi connectivity index (χ0v) is 13.6. The van der Waals surface area contributed by atoms with E-state index in [1.54, 1.807) is 12.1 Å². The molecule has 3 N–H and O–H groups in total. The van der Waals surface area contributed by atoms with E-state index in [9.17, 15) is 4.79 Å². The maximum Gasteiger partial charge on any atom is 0.253 e. The zero-order valence-electron chi connectivity index (χ0n) is 12.0. The molecule has 3 nitrogen and oxygen atoms in total. The highest BCUT2D eigenvalue weighted by Crippen LogP contribution is 2.30. The number of hydrogen-bond acceptors (Lipinski definition) is 2. The van der Waals surface area contributed by atoms with Crippen molar-refractivity contribution < 1.29 is 4.79 Å². The molecule has 0 radical (unpaired) electrons. The van der Waals surface area contributed by atoms with Crippen LogP contribution in [0.15, 0.2) is 22.7 Å². The Bertz CT molecular complexity index is 468. The number of hydrogen-bond donors (Lipinski definition) is 2. The fraction of sp³-hybridized carbons (Fsp3) is 0.562. The average molecular weight is 339 g/mol. The fourth-order valence-electron chi connectivity index (χ4n) is 2.83. The van der Waals surface area contributed by atoms with Gasteiger partial charge in [-0.3, -0.25) is 4.79 Å². The molecule has 2 rings (SSSR count). The molecular formula is C16H23BrN2O. The van der Waals surface area contributed by atoms with Gasteiger partial charge in [-0.05, 0) is 36.5 Å². The molecule has 1 aliphatic rings. The van der Waals surface area contributed by atoms with Crippen LogP contribution in [0, 0.1) is 11.8 Å². The van der Waals surface area contributed by atoms with Crippen molar-refractivity contribution in [2.45, 2.75) is 39.0 Å². The standard InChI is InChI=1S/C16H23BrN2O/c1-11-2-4-12(5-3-11)8-9-19-16(20)14-10-13(17)6-7-15(14)18/h6-7,10-12H,2-5,8-9,18H2,1H3,(H,19,20). The van der Waals surface area contributed by atoms with Crippen LogP contribution < -0.4 is 11.1 Å². The third-order valence-corrected chi connectivity index (χ3v) is 4.73. The van der Waals surface area contributed by atoms with Crippen LogP contribution in [0.25, 0.3) is 0 Å². The van der Waals surface area contributed by atoms with Gasteiger partial charge >= 0.3 is 0 Å². The third-order valence-electron chi connectivity index (χ3n) is 4.23. The van der Waals surface area contributed by atoms with Crippen molar-refractivity contribution in [2.75, 3.05) is 12.3 Å². The molecule has 0 bridgehead atoms. The van der Waals surface area contributed by atoms with E-state index < -0.39 is 0 Å². The molecule has 110 valence electrons. The van der Waals surface area contributed by atoms with Crippen molar-refractivity contribution in [1.82, 2.24) is 5.32 Å². The van der Waals surface area contributed by atoms with Gasteiger partial charge in [0.05, 0.1) is 5.56 Å². The van der Waals surface area contributed by atoms with E-state index in [4.69, 9.17) is 5.73 Å². The number of carbonyl (C=O) groups is 1. The van der Waals surface area contributed by atoms with Crippen LogP contribution in [0.2, 0.25) is 0 Å². The Hall–Kier alpha value is -1.03. The van der Waals surface area contributed by atoms with Gasteiger partial charge in [0.2, 0.25) is 0 Å². The molecule has 0 saturated heterocycles. The SMILES string of the molecule is CC1CCC(CCNC(=O)c2cc(Br)ccc2N)CC1. The molecule has 1 saturated carbocycles. The minimum atomic E-state index is -0.0759. The van der Waals surface area contributed by atoms with Crippen LogP contribution in [0.3, 0.4) is 0 Å². The number of halogens is 1. The van der Waals surface area contributed by atoms with Crippen molar-refractivity contribution in [2.24, 2.45) is 11.8 Å². The second-order valence-corrected chi connectivity index (χ2v) is 6.82. The molecule has 0 unspecified atom stereocenters. The first-order chi connectivity index (χ1) is 9.56. The highest BCUT2D eigenvalue weighted by molar-refractivity contribution is 9.10. The van der Waals surface area contributed by atoms with Crippen LogP contribution in [0.1, 0.15) is 49.4 Å². The molecule has 1 aromatic rings. The first kappa shape index (κ1) is 15.4. The topological polar surface area (TPSA) is 55.1 Å². The van der Waals surface area contributed by atoms with Gasteiger partial charge in [0, 0.05) is 16.7 Å². The summed E-state index contributed by atoms with van der Waals surface area (Å²) in [6.07, 6.45) is 6.34. The molecule has 0 heterocycles. The van der Waals surface area contributed by atoms with E-state index >= 15 is 0 Å². The Kier molecular flexibility index (Phi) is 5.46. The lowest BCUT2D eigenvalue weighted by molar-refractivity contribution is 0.0950. The summed E-state index contributed by atoms with van der Waals surface area (Å²) in [5, 5.41) is 2.99. The Balaban J connectivity index is 1.79. The number of nitrogens with one attached hydrogen (secondary N) is 1. The maximum absolute atomic E-state index is 12.1. The molecule has 1 aromatic carbocycles. The van der Waals surface area contributed by atoms with E-state index in [2.05, 4.69) is 28.2 Å². The lowest BCUT2D eigenvalue weighted by atomic mass is 9.81. The molecule has 0 spiro atoms. The lowest BCUT2D eigenvalue weighted by Crippen LogP contribution is -2.27. The van der Waals surface area contributed by atoms with E-state index in [-0.39, 0.29) is 5.91 Å². The van der Waals surface area contributed by atoms with E-state index in [1.807, 2.05) is 6.07 Å². The van der Waals surface area contributed by atoms with Gasteiger partial charge in [0.25, 0.3) is 5.91 Å². The monoisotopic (exact) mass is 338 g/mol. The second kappa shape index (κ2) is 7.11. The largest absolute Gasteiger partial charge is 0.398 e. The van der Waals surface area contributed by atoms with Crippen LogP contribution in [0.4, 0.5) is 5.69 Å². The summed E-state index contributed by atoms with van der Waals surface area (Å²) in [6.45, 7) is 3.07. The molecule has 0 aromatic heterocycles. The van der Waals surface area contributed by atoms with Gasteiger partial charge < -0.3 is 11.1 Å². The minimum absolute atomic E-state index is 0.0759. The Morgan fingerprint density at radius 3 is 2.75 bits per heavy atom. The molecule has 20 heavy (non-hydrogen) atoms. The summed E-state index contributed by atoms with van der Waals surface area (Å²) in [4.78, 5) is 12.1. The quantitative estimate of drug-likeness (QED) is 0.816. The van der Waals surface area contributed by atoms with Gasteiger partial charge in [-0.25, -0.2) is 0 Å². The summed E-state index contributed by atoms with van der Waals surface area (Å²) in [5.41, 5.74) is 6.92. The van der Waals surface area contributed by atoms with Gasteiger partial charge in [-0.2, -0.15) is 0 Å². The molecule has 4 heteroatoms. The van der Waals surface area contributed by atoms with Gasteiger partial charge in [-0.15, -0.1) is 0 Å². The first-order valence-electron chi connectivity index (χ1n) is 7.39. The number of benzene rings is 1. The number of anilines is 1. The number of rotatable bonds is 4. The molecule has 0 aliphatic heterocycles. The Morgan fingerprint density at radius 2 is 2.05 bits per heavy atom. The van der Waals surface area contributed by atoms with Crippen molar-refractivity contribution in [3.63, 3.8) is 0 Å². The van der Waals surface area contributed by atoms with Crippen molar-refractivity contribution >= 4 is 27.5 Å². The van der Waals surface area contributed by atoms with E-state index in [0.717, 1.165) is 29.3 Å². The number of nitrogens with two attached hydrogens (primary N) is 1. The molecule has 0 atom stereocenters. The normalized spacial score (nSPS) is 22.5.